The molecular formula is C28H27ClN2O3S. The van der Waals surface area contributed by atoms with Crippen molar-refractivity contribution in [2.24, 2.45) is 5.92 Å². The van der Waals surface area contributed by atoms with Crippen molar-refractivity contribution in [2.75, 3.05) is 17.4 Å². The summed E-state index contributed by atoms with van der Waals surface area (Å²) in [5.41, 5.74) is 1.64. The molecule has 1 unspecified atom stereocenters. The predicted octanol–water partition coefficient (Wildman–Crippen LogP) is 5.68. The normalized spacial score (nSPS) is 12.3. The van der Waals surface area contributed by atoms with E-state index < -0.39 is 10.0 Å². The highest BCUT2D eigenvalue weighted by Crippen LogP contribution is 2.25. The van der Waals surface area contributed by atoms with Gasteiger partial charge in [-0.3, -0.25) is 9.10 Å². The van der Waals surface area contributed by atoms with Crippen LogP contribution in [0.5, 0.6) is 0 Å². The number of halogens is 1. The molecule has 1 N–H and O–H groups in total. The number of hydrogen-bond donors (Lipinski definition) is 1. The number of anilines is 1. The first kappa shape index (κ1) is 24.8. The average molecular weight is 507 g/mol. The van der Waals surface area contributed by atoms with E-state index in [9.17, 15) is 13.2 Å². The second-order valence-corrected chi connectivity index (χ2v) is 10.9. The summed E-state index contributed by atoms with van der Waals surface area (Å²) < 4.78 is 27.9. The molecule has 180 valence electrons. The molecule has 4 aromatic rings. The number of sulfonamides is 1. The lowest BCUT2D eigenvalue weighted by Gasteiger charge is -2.24. The highest BCUT2D eigenvalue weighted by molar-refractivity contribution is 7.92. The molecule has 0 bridgehead atoms. The van der Waals surface area contributed by atoms with Crippen molar-refractivity contribution < 1.29 is 13.2 Å². The number of hydrogen-bond acceptors (Lipinski definition) is 3. The van der Waals surface area contributed by atoms with Gasteiger partial charge in [0.1, 0.15) is 6.54 Å². The number of fused-ring (bicyclic) bond motifs is 1. The Labute approximate surface area is 211 Å². The molecule has 0 radical (unpaired) electrons. The molecule has 0 aliphatic rings. The number of para-hydroxylation sites is 1. The number of benzene rings is 4. The molecular weight excluding hydrogens is 480 g/mol. The smallest absolute Gasteiger partial charge is 0.264 e. The SMILES string of the molecule is CC(CNC(=O)CN(c1ccccc1)S(=O)(=O)c1ccc(Cl)cc1)Cc1cccc2ccccc12. The molecule has 0 fully saturated rings. The van der Waals surface area contributed by atoms with Gasteiger partial charge in [0.05, 0.1) is 10.6 Å². The van der Waals surface area contributed by atoms with Crippen molar-refractivity contribution in [3.63, 3.8) is 0 Å². The zero-order valence-corrected chi connectivity index (χ0v) is 21.0. The van der Waals surface area contributed by atoms with E-state index in [0.717, 1.165) is 10.7 Å². The fourth-order valence-corrected chi connectivity index (χ4v) is 5.58. The van der Waals surface area contributed by atoms with Crippen molar-refractivity contribution in [1.82, 2.24) is 5.32 Å². The number of amides is 1. The number of rotatable bonds is 9. The van der Waals surface area contributed by atoms with Gasteiger partial charge in [-0.1, -0.05) is 79.2 Å². The molecule has 35 heavy (non-hydrogen) atoms. The molecule has 4 aromatic carbocycles. The summed E-state index contributed by atoms with van der Waals surface area (Å²) >= 11 is 5.93. The van der Waals surface area contributed by atoms with Crippen LogP contribution in [0, 0.1) is 5.92 Å². The quantitative estimate of drug-likeness (QED) is 0.317. The molecule has 0 heterocycles. The van der Waals surface area contributed by atoms with Crippen LogP contribution >= 0.6 is 11.6 Å². The standard InChI is InChI=1S/C28H27ClN2O3S/c1-21(18-23-10-7-9-22-8-5-6-13-27(22)23)19-30-28(32)20-31(25-11-3-2-4-12-25)35(33,34)26-16-14-24(29)15-17-26/h2-17,21H,18-20H2,1H3,(H,30,32). The van der Waals surface area contributed by atoms with Crippen molar-refractivity contribution >= 4 is 44.0 Å². The first-order valence-corrected chi connectivity index (χ1v) is 13.2. The number of nitrogens with one attached hydrogen (secondary N) is 1. The highest BCUT2D eigenvalue weighted by atomic mass is 35.5. The molecule has 0 saturated carbocycles. The summed E-state index contributed by atoms with van der Waals surface area (Å²) in [7, 11) is -3.96. The van der Waals surface area contributed by atoms with Gasteiger partial charge in [0.15, 0.2) is 0 Å². The Balaban J connectivity index is 1.46. The van der Waals surface area contributed by atoms with Crippen LogP contribution in [0.3, 0.4) is 0 Å². The molecule has 4 rings (SSSR count). The minimum Gasteiger partial charge on any atom is -0.354 e. The van der Waals surface area contributed by atoms with Crippen molar-refractivity contribution in [1.29, 1.82) is 0 Å². The van der Waals surface area contributed by atoms with Crippen molar-refractivity contribution in [3.8, 4) is 0 Å². The van der Waals surface area contributed by atoms with Crippen LogP contribution in [0.1, 0.15) is 12.5 Å². The van der Waals surface area contributed by atoms with Gasteiger partial charge in [0, 0.05) is 11.6 Å². The van der Waals surface area contributed by atoms with Gasteiger partial charge in [-0.2, -0.15) is 0 Å². The number of nitrogens with zero attached hydrogens (tertiary/aromatic N) is 1. The Bertz CT molecular complexity index is 1400. The number of carbonyl (C=O) groups excluding carboxylic acids is 1. The fraction of sp³-hybridized carbons (Fsp3) is 0.179. The summed E-state index contributed by atoms with van der Waals surface area (Å²) in [6.45, 7) is 2.18. The Morgan fingerprint density at radius 2 is 1.54 bits per heavy atom. The largest absolute Gasteiger partial charge is 0.354 e. The van der Waals surface area contributed by atoms with Gasteiger partial charge in [-0.25, -0.2) is 8.42 Å². The van der Waals surface area contributed by atoms with Crippen LogP contribution in [0.15, 0.2) is 102 Å². The Hall–Kier alpha value is -3.35. The molecule has 0 aliphatic heterocycles. The van der Waals surface area contributed by atoms with E-state index in [0.29, 0.717) is 17.3 Å². The molecule has 0 saturated heterocycles. The van der Waals surface area contributed by atoms with Crippen molar-refractivity contribution in [3.05, 3.63) is 108 Å². The van der Waals surface area contributed by atoms with Crippen LogP contribution in [0.4, 0.5) is 5.69 Å². The predicted molar refractivity (Wildman–Crippen MR) is 142 cm³/mol. The van der Waals surface area contributed by atoms with E-state index in [1.54, 1.807) is 30.3 Å². The number of carbonyl (C=O) groups is 1. The molecule has 7 heteroatoms. The van der Waals surface area contributed by atoms with E-state index >= 15 is 0 Å². The van der Waals surface area contributed by atoms with E-state index in [2.05, 4.69) is 36.5 Å². The third-order valence-electron chi connectivity index (χ3n) is 5.83. The molecule has 0 spiro atoms. The van der Waals surface area contributed by atoms with Crippen LogP contribution in [-0.2, 0) is 21.2 Å². The molecule has 1 amide bonds. The highest BCUT2D eigenvalue weighted by Gasteiger charge is 2.27. The summed E-state index contributed by atoms with van der Waals surface area (Å²) in [5, 5.41) is 5.75. The van der Waals surface area contributed by atoms with E-state index in [1.165, 1.54) is 40.6 Å². The van der Waals surface area contributed by atoms with Crippen LogP contribution in [0.2, 0.25) is 5.02 Å². The summed E-state index contributed by atoms with van der Waals surface area (Å²) in [6, 6.07) is 29.0. The molecule has 0 aromatic heterocycles. The van der Waals surface area contributed by atoms with Crippen LogP contribution in [-0.4, -0.2) is 27.4 Å². The topological polar surface area (TPSA) is 66.5 Å². The maximum atomic E-state index is 13.4. The van der Waals surface area contributed by atoms with Gasteiger partial charge in [-0.15, -0.1) is 0 Å². The lowest BCUT2D eigenvalue weighted by atomic mass is 9.96. The Kier molecular flexibility index (Phi) is 7.73. The lowest BCUT2D eigenvalue weighted by molar-refractivity contribution is -0.119. The van der Waals surface area contributed by atoms with E-state index in [-0.39, 0.29) is 23.3 Å². The first-order chi connectivity index (χ1) is 16.8. The van der Waals surface area contributed by atoms with Crippen LogP contribution in [0.25, 0.3) is 10.8 Å². The van der Waals surface area contributed by atoms with Gasteiger partial charge < -0.3 is 5.32 Å². The first-order valence-electron chi connectivity index (χ1n) is 11.4. The third kappa shape index (κ3) is 6.02. The minimum atomic E-state index is -3.96. The second kappa shape index (κ2) is 10.9. The summed E-state index contributed by atoms with van der Waals surface area (Å²) in [6.07, 6.45) is 0.799. The van der Waals surface area contributed by atoms with Gasteiger partial charge >= 0.3 is 0 Å². The summed E-state index contributed by atoms with van der Waals surface area (Å²) in [4.78, 5) is 13.0. The fourth-order valence-electron chi connectivity index (χ4n) is 4.04. The third-order valence-corrected chi connectivity index (χ3v) is 7.87. The molecule has 1 atom stereocenters. The van der Waals surface area contributed by atoms with E-state index in [1.807, 2.05) is 18.2 Å². The molecule has 5 nitrogen and oxygen atoms in total. The zero-order valence-electron chi connectivity index (χ0n) is 19.4. The molecule has 0 aliphatic carbocycles. The van der Waals surface area contributed by atoms with Gasteiger partial charge in [-0.05, 0) is 65.1 Å². The van der Waals surface area contributed by atoms with Crippen molar-refractivity contribution in [2.45, 2.75) is 18.2 Å². The Morgan fingerprint density at radius 3 is 2.29 bits per heavy atom. The lowest BCUT2D eigenvalue weighted by Crippen LogP contribution is -2.42. The minimum absolute atomic E-state index is 0.0721. The monoisotopic (exact) mass is 506 g/mol. The maximum Gasteiger partial charge on any atom is 0.264 e. The van der Waals surface area contributed by atoms with Gasteiger partial charge in [0.2, 0.25) is 5.91 Å². The second-order valence-electron chi connectivity index (χ2n) is 8.55. The summed E-state index contributed by atoms with van der Waals surface area (Å²) in [5.74, 6) is -0.195. The Morgan fingerprint density at radius 1 is 0.886 bits per heavy atom. The van der Waals surface area contributed by atoms with Crippen LogP contribution < -0.4 is 9.62 Å². The van der Waals surface area contributed by atoms with E-state index in [4.69, 9.17) is 11.6 Å². The average Bonchev–Trinajstić information content (AvgIpc) is 2.87. The maximum absolute atomic E-state index is 13.4. The zero-order chi connectivity index (χ0) is 24.8. The van der Waals surface area contributed by atoms with Gasteiger partial charge in [0.25, 0.3) is 10.0 Å².